The van der Waals surface area contributed by atoms with Crippen molar-refractivity contribution in [2.75, 3.05) is 0 Å². The van der Waals surface area contributed by atoms with Crippen molar-refractivity contribution in [1.29, 1.82) is 0 Å². The monoisotopic (exact) mass is 357 g/mol. The highest BCUT2D eigenvalue weighted by atomic mass is 32.2. The van der Waals surface area contributed by atoms with Crippen molar-refractivity contribution in [3.05, 3.63) is 57.6 Å². The summed E-state index contributed by atoms with van der Waals surface area (Å²) in [4.78, 5) is 43.0. The second kappa shape index (κ2) is 7.23. The van der Waals surface area contributed by atoms with Crippen LogP contribution in [0.1, 0.15) is 46.6 Å². The van der Waals surface area contributed by atoms with Gasteiger partial charge in [0.25, 0.3) is 0 Å². The van der Waals surface area contributed by atoms with E-state index < -0.39 is 10.9 Å². The van der Waals surface area contributed by atoms with Gasteiger partial charge in [0.05, 0.1) is 5.56 Å². The maximum absolute atomic E-state index is 12.7. The number of benzene rings is 1. The number of Topliss-reactive ketones (excluding diaryl/α,β-unsaturated/α-hetero) is 1. The lowest BCUT2D eigenvalue weighted by Crippen LogP contribution is -2.30. The van der Waals surface area contributed by atoms with Gasteiger partial charge >= 0.3 is 5.69 Å². The number of hydrogen-bond acceptors (Lipinski definition) is 5. The first-order valence-corrected chi connectivity index (χ1v) is 8.97. The highest BCUT2D eigenvalue weighted by Gasteiger charge is 2.30. The molecule has 130 valence electrons. The van der Waals surface area contributed by atoms with Crippen molar-refractivity contribution in [3.63, 3.8) is 0 Å². The molecule has 0 bridgehead atoms. The predicted octanol–water partition coefficient (Wildman–Crippen LogP) is 2.39. The molecule has 0 radical (unpaired) electrons. The lowest BCUT2D eigenvalue weighted by molar-refractivity contribution is -0.120. The predicted molar refractivity (Wildman–Crippen MR) is 95.8 cm³/mol. The first kappa shape index (κ1) is 17.4. The summed E-state index contributed by atoms with van der Waals surface area (Å²) in [6.45, 7) is 3.08. The third kappa shape index (κ3) is 4.17. The maximum Gasteiger partial charge on any atom is 0.346 e. The van der Waals surface area contributed by atoms with Gasteiger partial charge in [-0.1, -0.05) is 42.1 Å². The summed E-state index contributed by atoms with van der Waals surface area (Å²) in [7, 11) is 0. The van der Waals surface area contributed by atoms with E-state index in [0.717, 1.165) is 30.2 Å². The van der Waals surface area contributed by atoms with Crippen LogP contribution in [0.25, 0.3) is 0 Å². The summed E-state index contributed by atoms with van der Waals surface area (Å²) in [5.41, 5.74) is 1.09. The normalized spacial score (nSPS) is 14.8. The van der Waals surface area contributed by atoms with E-state index in [4.69, 9.17) is 0 Å². The van der Waals surface area contributed by atoms with Crippen LogP contribution in [0.15, 0.2) is 40.2 Å². The van der Waals surface area contributed by atoms with Gasteiger partial charge in [-0.15, -0.1) is 0 Å². The number of nitrogens with one attached hydrogen (secondary N) is 2. The molecule has 0 aliphatic heterocycles. The van der Waals surface area contributed by atoms with Gasteiger partial charge in [-0.2, -0.15) is 4.98 Å². The number of H-pyrrole nitrogens is 1. The molecule has 1 fully saturated rings. The first-order chi connectivity index (χ1) is 12.0. The van der Waals surface area contributed by atoms with Crippen LogP contribution >= 0.6 is 11.8 Å². The summed E-state index contributed by atoms with van der Waals surface area (Å²) in [6.07, 6.45) is 1.97. The Kier molecular flexibility index (Phi) is 5.03. The van der Waals surface area contributed by atoms with Crippen LogP contribution in [0.5, 0.6) is 0 Å². The Morgan fingerprint density at radius 1 is 1.28 bits per heavy atom. The molecule has 1 aliphatic rings. The Morgan fingerprint density at radius 2 is 1.96 bits per heavy atom. The van der Waals surface area contributed by atoms with E-state index >= 15 is 0 Å². The Bertz CT molecular complexity index is 860. The fraction of sp³-hybridized carbons (Fsp3) is 0.333. The molecule has 1 saturated carbocycles. The summed E-state index contributed by atoms with van der Waals surface area (Å²) < 4.78 is 0. The van der Waals surface area contributed by atoms with Crippen LogP contribution in [0.4, 0.5) is 0 Å². The van der Waals surface area contributed by atoms with Crippen LogP contribution in [0.2, 0.25) is 0 Å². The quantitative estimate of drug-likeness (QED) is 0.470. The van der Waals surface area contributed by atoms with Crippen molar-refractivity contribution in [3.8, 4) is 0 Å². The molecular weight excluding hydrogens is 338 g/mol. The van der Waals surface area contributed by atoms with Gasteiger partial charge in [0.2, 0.25) is 5.91 Å². The van der Waals surface area contributed by atoms with Gasteiger partial charge in [0.15, 0.2) is 5.78 Å². The van der Waals surface area contributed by atoms with Crippen molar-refractivity contribution >= 4 is 23.5 Å². The number of thioether (sulfide) groups is 1. The van der Waals surface area contributed by atoms with E-state index in [9.17, 15) is 14.4 Å². The third-order valence-corrected chi connectivity index (χ3v) is 5.17. The largest absolute Gasteiger partial charge is 0.352 e. The topological polar surface area (TPSA) is 91.9 Å². The Morgan fingerprint density at radius 3 is 2.56 bits per heavy atom. The van der Waals surface area contributed by atoms with Crippen LogP contribution in [-0.2, 0) is 4.79 Å². The molecule has 1 unspecified atom stereocenters. The lowest BCUT2D eigenvalue weighted by Gasteiger charge is -2.18. The molecule has 2 aromatic rings. The van der Waals surface area contributed by atoms with Crippen molar-refractivity contribution in [1.82, 2.24) is 15.3 Å². The molecule has 1 amide bonds. The van der Waals surface area contributed by atoms with Gasteiger partial charge in [-0.25, -0.2) is 4.79 Å². The Balaban J connectivity index is 1.99. The minimum Gasteiger partial charge on any atom is -0.352 e. The molecule has 1 aromatic carbocycles. The molecule has 1 atom stereocenters. The second-order valence-corrected chi connectivity index (χ2v) is 7.19. The van der Waals surface area contributed by atoms with Gasteiger partial charge < -0.3 is 10.3 Å². The highest BCUT2D eigenvalue weighted by Crippen LogP contribution is 2.37. The Labute approximate surface area is 149 Å². The average Bonchev–Trinajstić information content (AvgIpc) is 3.36. The fourth-order valence-corrected chi connectivity index (χ4v) is 3.82. The minimum absolute atomic E-state index is 0.132. The SMILES string of the molecule is CC(=O)c1c(SC(C(=O)NC2CC2)c2ccccc2)nc(=O)[nH]c1C. The van der Waals surface area contributed by atoms with Crippen LogP contribution in [0.3, 0.4) is 0 Å². The highest BCUT2D eigenvalue weighted by molar-refractivity contribution is 8.00. The number of aromatic nitrogens is 2. The van der Waals surface area contributed by atoms with Crippen molar-refractivity contribution in [2.24, 2.45) is 0 Å². The molecule has 0 spiro atoms. The molecule has 6 nitrogen and oxygen atoms in total. The van der Waals surface area contributed by atoms with Crippen LogP contribution in [-0.4, -0.2) is 27.7 Å². The molecule has 3 rings (SSSR count). The summed E-state index contributed by atoms with van der Waals surface area (Å²) in [6, 6.07) is 9.53. The first-order valence-electron chi connectivity index (χ1n) is 8.09. The lowest BCUT2D eigenvalue weighted by atomic mass is 10.1. The zero-order valence-corrected chi connectivity index (χ0v) is 14.9. The summed E-state index contributed by atoms with van der Waals surface area (Å²) in [5, 5.41) is 2.70. The van der Waals surface area contributed by atoms with E-state index in [0.29, 0.717) is 11.3 Å². The number of ketones is 1. The van der Waals surface area contributed by atoms with Crippen LogP contribution < -0.4 is 11.0 Å². The van der Waals surface area contributed by atoms with Gasteiger partial charge in [0.1, 0.15) is 10.3 Å². The molecular formula is C18H19N3O3S. The molecule has 7 heteroatoms. The van der Waals surface area contributed by atoms with Gasteiger partial charge in [0, 0.05) is 11.7 Å². The van der Waals surface area contributed by atoms with Crippen molar-refractivity contribution in [2.45, 2.75) is 43.0 Å². The number of hydrogen-bond donors (Lipinski definition) is 2. The number of amides is 1. The summed E-state index contributed by atoms with van der Waals surface area (Å²) >= 11 is 1.14. The minimum atomic E-state index is -0.575. The van der Waals surface area contributed by atoms with Crippen molar-refractivity contribution < 1.29 is 9.59 Å². The number of aryl methyl sites for hydroxylation is 1. The van der Waals surface area contributed by atoms with Gasteiger partial charge in [-0.3, -0.25) is 9.59 Å². The molecule has 2 N–H and O–H groups in total. The third-order valence-electron chi connectivity index (χ3n) is 3.93. The number of rotatable bonds is 6. The zero-order chi connectivity index (χ0) is 18.0. The van der Waals surface area contributed by atoms with E-state index in [1.807, 2.05) is 30.3 Å². The van der Waals surface area contributed by atoms with E-state index in [2.05, 4.69) is 15.3 Å². The van der Waals surface area contributed by atoms with E-state index in [-0.39, 0.29) is 22.8 Å². The average molecular weight is 357 g/mol. The van der Waals surface area contributed by atoms with E-state index in [1.54, 1.807) is 6.92 Å². The number of carbonyl (C=O) groups excluding carboxylic acids is 2. The number of carbonyl (C=O) groups is 2. The second-order valence-electron chi connectivity index (χ2n) is 6.09. The molecule has 25 heavy (non-hydrogen) atoms. The molecule has 1 aliphatic carbocycles. The fourth-order valence-electron chi connectivity index (χ4n) is 2.58. The maximum atomic E-state index is 12.7. The van der Waals surface area contributed by atoms with E-state index in [1.165, 1.54) is 6.92 Å². The van der Waals surface area contributed by atoms with Crippen LogP contribution in [0, 0.1) is 6.92 Å². The number of nitrogens with zero attached hydrogens (tertiary/aromatic N) is 1. The Hall–Kier alpha value is -2.41. The molecule has 1 heterocycles. The zero-order valence-electron chi connectivity index (χ0n) is 14.0. The smallest absolute Gasteiger partial charge is 0.346 e. The number of aromatic amines is 1. The molecule has 0 saturated heterocycles. The van der Waals surface area contributed by atoms with Gasteiger partial charge in [-0.05, 0) is 32.3 Å². The molecule has 1 aromatic heterocycles. The standard InChI is InChI=1S/C18H19N3O3S/c1-10-14(11(2)22)17(21-18(24)19-10)25-15(12-6-4-3-5-7-12)16(23)20-13-8-9-13/h3-7,13,15H,8-9H2,1-2H3,(H,20,23)(H,19,21,24). The summed E-state index contributed by atoms with van der Waals surface area (Å²) in [5.74, 6) is -0.328.